The van der Waals surface area contributed by atoms with Gasteiger partial charge in [0.15, 0.2) is 6.10 Å². The molecule has 0 aromatic rings. The second kappa shape index (κ2) is 40.6. The van der Waals surface area contributed by atoms with Crippen LogP contribution in [0.3, 0.4) is 0 Å². The summed E-state index contributed by atoms with van der Waals surface area (Å²) in [7, 11) is 5.41. The van der Waals surface area contributed by atoms with Gasteiger partial charge in [-0.25, -0.2) is 0 Å². The van der Waals surface area contributed by atoms with Gasteiger partial charge in [0.1, 0.15) is 12.6 Å². The first-order chi connectivity index (χ1) is 27.6. The molecule has 0 aliphatic rings. The molecule has 8 heteroatoms. The summed E-state index contributed by atoms with van der Waals surface area (Å²) in [6, 6.07) is -0.725. The predicted molar refractivity (Wildman–Crippen MR) is 236 cm³/mol. The number of carboxylic acid groups (broad SMARTS) is 1. The fourth-order valence-electron chi connectivity index (χ4n) is 7.11. The van der Waals surface area contributed by atoms with E-state index < -0.39 is 18.1 Å². The maximum absolute atomic E-state index is 12.7. The van der Waals surface area contributed by atoms with Crippen molar-refractivity contribution in [3.05, 3.63) is 24.3 Å². The van der Waals surface area contributed by atoms with E-state index in [2.05, 4.69) is 38.2 Å². The van der Waals surface area contributed by atoms with Crippen molar-refractivity contribution in [1.82, 2.24) is 0 Å². The van der Waals surface area contributed by atoms with Crippen molar-refractivity contribution >= 4 is 17.9 Å². The van der Waals surface area contributed by atoms with Crippen LogP contribution in [0.4, 0.5) is 0 Å². The summed E-state index contributed by atoms with van der Waals surface area (Å²) in [5.74, 6) is -1.74. The monoisotopic (exact) mass is 806 g/mol. The number of nitrogens with zero attached hydrogens (tertiary/aromatic N) is 1. The van der Waals surface area contributed by atoms with Crippen LogP contribution in [0.5, 0.6) is 0 Å². The van der Waals surface area contributed by atoms with Crippen LogP contribution >= 0.6 is 0 Å². The maximum atomic E-state index is 12.7. The molecule has 0 aliphatic carbocycles. The number of carbonyl (C=O) groups is 3. The molecular weight excluding hydrogens is 715 g/mol. The molecule has 2 unspecified atom stereocenters. The summed E-state index contributed by atoms with van der Waals surface area (Å²) in [6.07, 6.45) is 44.9. The zero-order valence-electron chi connectivity index (χ0n) is 38.0. The zero-order valence-corrected chi connectivity index (χ0v) is 38.0. The van der Waals surface area contributed by atoms with Gasteiger partial charge in [0.05, 0.1) is 40.3 Å². The normalized spacial score (nSPS) is 13.1. The molecule has 0 spiro atoms. The number of carboxylic acids is 1. The lowest BCUT2D eigenvalue weighted by Gasteiger charge is -2.34. The number of unbranched alkanes of at least 4 members (excludes halogenated alkanes) is 25. The van der Waals surface area contributed by atoms with E-state index in [-0.39, 0.29) is 42.7 Å². The fourth-order valence-corrected chi connectivity index (χ4v) is 7.11. The number of carbonyl (C=O) groups excluding carboxylic acids is 3. The van der Waals surface area contributed by atoms with Gasteiger partial charge in [-0.05, 0) is 38.5 Å². The minimum absolute atomic E-state index is 0.0388. The van der Waals surface area contributed by atoms with Crippen molar-refractivity contribution in [2.75, 3.05) is 41.0 Å². The quantitative estimate of drug-likeness (QED) is 0.0262. The predicted octanol–water partition coefficient (Wildman–Crippen LogP) is 11.9. The van der Waals surface area contributed by atoms with Crippen LogP contribution < -0.4 is 5.11 Å². The highest BCUT2D eigenvalue weighted by atomic mass is 16.6. The molecule has 8 nitrogen and oxygen atoms in total. The third-order valence-electron chi connectivity index (χ3n) is 10.8. The molecule has 0 radical (unpaired) electrons. The first kappa shape index (κ1) is 54.8. The van der Waals surface area contributed by atoms with E-state index in [0.29, 0.717) is 12.8 Å². The fraction of sp³-hybridized carbons (Fsp3) is 0.857. The number of aliphatic carboxylic acids is 1. The lowest BCUT2D eigenvalue weighted by atomic mass is 10.0. The average molecular weight is 806 g/mol. The van der Waals surface area contributed by atoms with E-state index in [9.17, 15) is 19.5 Å². The maximum Gasteiger partial charge on any atom is 0.306 e. The molecule has 0 rings (SSSR count). The standard InChI is InChI=1S/C49H91NO7/c1-6-8-10-12-14-16-18-20-21-22-23-24-25-26-28-29-31-33-35-37-39-47(51)56-44-45(43-55-42-41-46(49(53)54)50(3,4)5)57-48(52)40-38-36-34-32-30-27-19-17-15-13-11-9-7-2/h11,13,17,19,45-46H,6-10,12,14-16,18,20-44H2,1-5H3/b13-11-,19-17-. The molecule has 0 aromatic carbocycles. The largest absolute Gasteiger partial charge is 0.544 e. The Morgan fingerprint density at radius 2 is 0.965 bits per heavy atom. The van der Waals surface area contributed by atoms with Crippen LogP contribution in [-0.4, -0.2) is 75.5 Å². The number of hydrogen-bond acceptors (Lipinski definition) is 7. The third kappa shape index (κ3) is 39.1. The topological polar surface area (TPSA) is 102 Å². The highest BCUT2D eigenvalue weighted by molar-refractivity contribution is 5.70. The van der Waals surface area contributed by atoms with Crippen LogP contribution in [0.1, 0.15) is 219 Å². The van der Waals surface area contributed by atoms with Crippen LogP contribution in [0.25, 0.3) is 0 Å². The first-order valence-electron chi connectivity index (χ1n) is 23.9. The number of likely N-dealkylation sites (N-methyl/N-ethyl adjacent to an activating group) is 1. The minimum atomic E-state index is -1.13. The van der Waals surface area contributed by atoms with Gasteiger partial charge in [-0.15, -0.1) is 0 Å². The lowest BCUT2D eigenvalue weighted by Crippen LogP contribution is -2.55. The summed E-state index contributed by atoms with van der Waals surface area (Å²) < 4.78 is 17.2. The Labute approximate surface area is 351 Å². The van der Waals surface area contributed by atoms with Crippen LogP contribution in [0, 0.1) is 0 Å². The molecule has 0 N–H and O–H groups in total. The number of esters is 2. The van der Waals surface area contributed by atoms with Crippen LogP contribution in [0.2, 0.25) is 0 Å². The third-order valence-corrected chi connectivity index (χ3v) is 10.8. The Kier molecular flexibility index (Phi) is 39.0. The Bertz CT molecular complexity index is 989. The van der Waals surface area contributed by atoms with E-state index in [1.807, 2.05) is 0 Å². The molecule has 0 saturated heterocycles. The molecule has 0 aromatic heterocycles. The van der Waals surface area contributed by atoms with E-state index in [0.717, 1.165) is 70.6 Å². The Morgan fingerprint density at radius 1 is 0.526 bits per heavy atom. The minimum Gasteiger partial charge on any atom is -0.544 e. The lowest BCUT2D eigenvalue weighted by molar-refractivity contribution is -0.889. The van der Waals surface area contributed by atoms with Crippen molar-refractivity contribution in [2.45, 2.75) is 231 Å². The number of quaternary nitrogens is 1. The molecule has 2 atom stereocenters. The summed E-state index contributed by atoms with van der Waals surface area (Å²) in [5, 5.41) is 11.6. The van der Waals surface area contributed by atoms with Gasteiger partial charge < -0.3 is 28.6 Å². The average Bonchev–Trinajstić information content (AvgIpc) is 3.17. The van der Waals surface area contributed by atoms with E-state index in [1.54, 1.807) is 21.1 Å². The number of rotatable bonds is 43. The number of ether oxygens (including phenoxy) is 3. The van der Waals surface area contributed by atoms with Crippen molar-refractivity contribution in [2.24, 2.45) is 0 Å². The number of allylic oxidation sites excluding steroid dienone is 4. The first-order valence-corrected chi connectivity index (χ1v) is 23.9. The highest BCUT2D eigenvalue weighted by Crippen LogP contribution is 2.16. The van der Waals surface area contributed by atoms with Crippen molar-refractivity contribution in [3.63, 3.8) is 0 Å². The number of hydrogen-bond donors (Lipinski definition) is 0. The van der Waals surface area contributed by atoms with Gasteiger partial charge in [0, 0.05) is 19.3 Å². The summed E-state index contributed by atoms with van der Waals surface area (Å²) >= 11 is 0. The SMILES string of the molecule is CCC/C=C\C/C=C\CCCCCCCC(=O)OC(COCCC(C(=O)[O-])[N+](C)(C)C)COC(=O)CCCCCCCCCCCCCCCCCCCCCC. The van der Waals surface area contributed by atoms with Crippen molar-refractivity contribution in [3.8, 4) is 0 Å². The summed E-state index contributed by atoms with van der Waals surface area (Å²) in [6.45, 7) is 4.61. The molecule has 0 heterocycles. The van der Waals surface area contributed by atoms with Crippen LogP contribution in [0.15, 0.2) is 24.3 Å². The molecule has 0 bridgehead atoms. The second-order valence-electron chi connectivity index (χ2n) is 17.4. The molecule has 334 valence electrons. The van der Waals surface area contributed by atoms with Crippen molar-refractivity contribution < 1.29 is 38.2 Å². The van der Waals surface area contributed by atoms with E-state index >= 15 is 0 Å². The van der Waals surface area contributed by atoms with Gasteiger partial charge in [0.2, 0.25) is 0 Å². The van der Waals surface area contributed by atoms with Gasteiger partial charge in [-0.2, -0.15) is 0 Å². The van der Waals surface area contributed by atoms with Gasteiger partial charge >= 0.3 is 11.9 Å². The molecule has 0 saturated carbocycles. The van der Waals surface area contributed by atoms with Crippen molar-refractivity contribution in [1.29, 1.82) is 0 Å². The zero-order chi connectivity index (χ0) is 42.1. The smallest absolute Gasteiger partial charge is 0.306 e. The summed E-state index contributed by atoms with van der Waals surface area (Å²) in [4.78, 5) is 36.9. The van der Waals surface area contributed by atoms with E-state index in [1.165, 1.54) is 116 Å². The van der Waals surface area contributed by atoms with Gasteiger partial charge in [-0.1, -0.05) is 186 Å². The molecule has 0 fully saturated rings. The van der Waals surface area contributed by atoms with E-state index in [4.69, 9.17) is 14.2 Å². The summed E-state index contributed by atoms with van der Waals surface area (Å²) in [5.41, 5.74) is 0. The highest BCUT2D eigenvalue weighted by Gasteiger charge is 2.25. The Balaban J connectivity index is 4.22. The van der Waals surface area contributed by atoms with Crippen LogP contribution in [-0.2, 0) is 28.6 Å². The van der Waals surface area contributed by atoms with Gasteiger partial charge in [0.25, 0.3) is 0 Å². The molecular formula is C49H91NO7. The molecule has 0 aliphatic heterocycles. The van der Waals surface area contributed by atoms with Gasteiger partial charge in [-0.3, -0.25) is 9.59 Å². The Morgan fingerprint density at radius 3 is 1.42 bits per heavy atom. The molecule has 0 amide bonds. The Hall–Kier alpha value is -2.19. The molecule has 57 heavy (non-hydrogen) atoms. The second-order valence-corrected chi connectivity index (χ2v) is 17.4.